The quantitative estimate of drug-likeness (QED) is 0.526. The van der Waals surface area contributed by atoms with Crippen LogP contribution in [-0.4, -0.2) is 40.4 Å². The maximum atomic E-state index is 4.79. The summed E-state index contributed by atoms with van der Waals surface area (Å²) in [7, 11) is 0. The average molecular weight is 403 g/mol. The minimum atomic E-state index is -0.0656. The first-order valence-corrected chi connectivity index (χ1v) is 10.2. The van der Waals surface area contributed by atoms with Crippen LogP contribution in [0.25, 0.3) is 22.6 Å². The van der Waals surface area contributed by atoms with Gasteiger partial charge < -0.3 is 0 Å². The van der Waals surface area contributed by atoms with Crippen LogP contribution in [0.4, 0.5) is 0 Å². The summed E-state index contributed by atoms with van der Waals surface area (Å²) in [6.45, 7) is 9.30. The molecule has 0 saturated heterocycles. The molecule has 0 aliphatic carbocycles. The summed E-state index contributed by atoms with van der Waals surface area (Å²) < 4.78 is 2.04. The Kier molecular flexibility index (Phi) is 5.39. The SMILES string of the molecule is CCCc1nc(C(C)(C)C)nn1Cc1ccc(-c2cccnc2-c2nnn[nH]2)cc1. The van der Waals surface area contributed by atoms with Crippen molar-refractivity contribution < 1.29 is 0 Å². The van der Waals surface area contributed by atoms with Crippen molar-refractivity contribution in [1.29, 1.82) is 0 Å². The fraction of sp³-hybridized carbons (Fsp3) is 0.364. The predicted molar refractivity (Wildman–Crippen MR) is 115 cm³/mol. The molecule has 0 amide bonds. The van der Waals surface area contributed by atoms with Crippen molar-refractivity contribution in [2.75, 3.05) is 0 Å². The number of aromatic nitrogens is 8. The number of nitrogens with zero attached hydrogens (tertiary/aromatic N) is 7. The highest BCUT2D eigenvalue weighted by Gasteiger charge is 2.21. The van der Waals surface area contributed by atoms with E-state index in [2.05, 4.69) is 77.6 Å². The van der Waals surface area contributed by atoms with Gasteiger partial charge in [0, 0.05) is 23.6 Å². The number of hydrogen-bond donors (Lipinski definition) is 1. The van der Waals surface area contributed by atoms with Gasteiger partial charge in [0.2, 0.25) is 0 Å². The minimum absolute atomic E-state index is 0.0656. The van der Waals surface area contributed by atoms with Gasteiger partial charge in [0.05, 0.1) is 6.54 Å². The number of pyridine rings is 1. The fourth-order valence-corrected chi connectivity index (χ4v) is 3.28. The molecule has 4 aromatic rings. The van der Waals surface area contributed by atoms with E-state index in [1.54, 1.807) is 6.20 Å². The van der Waals surface area contributed by atoms with Crippen molar-refractivity contribution in [2.24, 2.45) is 0 Å². The number of rotatable bonds is 6. The summed E-state index contributed by atoms with van der Waals surface area (Å²) in [5, 5.41) is 18.9. The molecule has 0 aliphatic rings. The first-order valence-electron chi connectivity index (χ1n) is 10.2. The summed E-state index contributed by atoms with van der Waals surface area (Å²) in [4.78, 5) is 9.24. The van der Waals surface area contributed by atoms with Crippen LogP contribution in [0.2, 0.25) is 0 Å². The topological polar surface area (TPSA) is 98.1 Å². The summed E-state index contributed by atoms with van der Waals surface area (Å²) in [5.41, 5.74) is 3.87. The minimum Gasteiger partial charge on any atom is -0.252 e. The fourth-order valence-electron chi connectivity index (χ4n) is 3.28. The zero-order valence-corrected chi connectivity index (χ0v) is 17.8. The Bertz CT molecular complexity index is 1110. The number of H-pyrrole nitrogens is 1. The third-order valence-electron chi connectivity index (χ3n) is 4.87. The number of hydrogen-bond acceptors (Lipinski definition) is 6. The molecular formula is C22H26N8. The van der Waals surface area contributed by atoms with Crippen molar-refractivity contribution >= 4 is 0 Å². The van der Waals surface area contributed by atoms with Crippen LogP contribution >= 0.6 is 0 Å². The highest BCUT2D eigenvalue weighted by atomic mass is 15.5. The zero-order valence-electron chi connectivity index (χ0n) is 17.8. The van der Waals surface area contributed by atoms with Crippen LogP contribution in [0.1, 0.15) is 51.3 Å². The molecule has 1 N–H and O–H groups in total. The van der Waals surface area contributed by atoms with Crippen molar-refractivity contribution in [3.8, 4) is 22.6 Å². The molecule has 0 saturated carbocycles. The smallest absolute Gasteiger partial charge is 0.198 e. The van der Waals surface area contributed by atoms with E-state index in [0.29, 0.717) is 12.4 Å². The van der Waals surface area contributed by atoms with Crippen molar-refractivity contribution in [3.05, 3.63) is 59.8 Å². The molecule has 0 aliphatic heterocycles. The molecule has 1 aromatic carbocycles. The molecule has 3 aromatic heterocycles. The molecule has 0 radical (unpaired) electrons. The maximum absolute atomic E-state index is 4.79. The van der Waals surface area contributed by atoms with Gasteiger partial charge in [0.1, 0.15) is 11.5 Å². The number of aryl methyl sites for hydroxylation is 1. The van der Waals surface area contributed by atoms with Gasteiger partial charge >= 0.3 is 0 Å². The summed E-state index contributed by atoms with van der Waals surface area (Å²) in [6, 6.07) is 12.4. The lowest BCUT2D eigenvalue weighted by atomic mass is 9.96. The summed E-state index contributed by atoms with van der Waals surface area (Å²) in [5.74, 6) is 2.48. The Morgan fingerprint density at radius 2 is 1.87 bits per heavy atom. The molecule has 0 unspecified atom stereocenters. The molecule has 8 nitrogen and oxygen atoms in total. The van der Waals surface area contributed by atoms with Crippen LogP contribution in [0.5, 0.6) is 0 Å². The Morgan fingerprint density at radius 1 is 1.07 bits per heavy atom. The molecular weight excluding hydrogens is 376 g/mol. The van der Waals surface area contributed by atoms with Gasteiger partial charge in [0.25, 0.3) is 0 Å². The third-order valence-corrected chi connectivity index (χ3v) is 4.87. The van der Waals surface area contributed by atoms with Gasteiger partial charge in [-0.25, -0.2) is 14.8 Å². The Labute approximate surface area is 175 Å². The average Bonchev–Trinajstić information content (AvgIpc) is 3.39. The summed E-state index contributed by atoms with van der Waals surface area (Å²) in [6.07, 6.45) is 3.70. The van der Waals surface area contributed by atoms with E-state index < -0.39 is 0 Å². The van der Waals surface area contributed by atoms with E-state index in [1.807, 2.05) is 16.8 Å². The van der Waals surface area contributed by atoms with Crippen molar-refractivity contribution in [3.63, 3.8) is 0 Å². The molecule has 4 rings (SSSR count). The van der Waals surface area contributed by atoms with Gasteiger partial charge in [0.15, 0.2) is 11.6 Å². The van der Waals surface area contributed by atoms with Gasteiger partial charge in [-0.05, 0) is 34.0 Å². The van der Waals surface area contributed by atoms with Crippen LogP contribution < -0.4 is 0 Å². The largest absolute Gasteiger partial charge is 0.252 e. The number of nitrogens with one attached hydrogen (secondary N) is 1. The van der Waals surface area contributed by atoms with E-state index in [4.69, 9.17) is 10.1 Å². The van der Waals surface area contributed by atoms with Crippen LogP contribution in [0, 0.1) is 0 Å². The van der Waals surface area contributed by atoms with E-state index in [0.717, 1.165) is 41.3 Å². The molecule has 3 heterocycles. The first-order chi connectivity index (χ1) is 14.5. The standard InChI is InChI=1S/C22H26N8/c1-5-7-18-24-21(22(2,3)4)27-30(18)14-15-9-11-16(12-10-15)17-8-6-13-23-19(17)20-25-28-29-26-20/h6,8-13H,5,7,14H2,1-4H3,(H,25,26,28,29). The van der Waals surface area contributed by atoms with E-state index in [9.17, 15) is 0 Å². The van der Waals surface area contributed by atoms with Crippen LogP contribution in [-0.2, 0) is 18.4 Å². The lowest BCUT2D eigenvalue weighted by Crippen LogP contribution is -2.14. The highest BCUT2D eigenvalue weighted by Crippen LogP contribution is 2.28. The Balaban J connectivity index is 1.61. The van der Waals surface area contributed by atoms with Gasteiger partial charge in [-0.3, -0.25) is 4.98 Å². The molecule has 8 heteroatoms. The van der Waals surface area contributed by atoms with E-state index >= 15 is 0 Å². The molecule has 0 fully saturated rings. The Morgan fingerprint density at radius 3 is 2.53 bits per heavy atom. The molecule has 154 valence electrons. The number of benzene rings is 1. The lowest BCUT2D eigenvalue weighted by molar-refractivity contribution is 0.532. The second-order valence-electron chi connectivity index (χ2n) is 8.36. The molecule has 30 heavy (non-hydrogen) atoms. The van der Waals surface area contributed by atoms with Crippen LogP contribution in [0.3, 0.4) is 0 Å². The highest BCUT2D eigenvalue weighted by molar-refractivity contribution is 5.77. The normalized spacial score (nSPS) is 11.7. The second kappa shape index (κ2) is 8.14. The zero-order chi connectivity index (χ0) is 21.1. The Hall–Kier alpha value is -3.42. The lowest BCUT2D eigenvalue weighted by Gasteiger charge is -2.12. The van der Waals surface area contributed by atoms with Crippen molar-refractivity contribution in [2.45, 2.75) is 52.5 Å². The first kappa shape index (κ1) is 19.9. The maximum Gasteiger partial charge on any atom is 0.198 e. The summed E-state index contributed by atoms with van der Waals surface area (Å²) >= 11 is 0. The van der Waals surface area contributed by atoms with Crippen LogP contribution in [0.15, 0.2) is 42.6 Å². The van der Waals surface area contributed by atoms with E-state index in [1.165, 1.54) is 5.56 Å². The number of aromatic amines is 1. The molecule has 0 atom stereocenters. The van der Waals surface area contributed by atoms with E-state index in [-0.39, 0.29) is 5.41 Å². The second-order valence-corrected chi connectivity index (χ2v) is 8.36. The number of tetrazole rings is 1. The predicted octanol–water partition coefficient (Wildman–Crippen LogP) is 3.82. The van der Waals surface area contributed by atoms with Crippen molar-refractivity contribution in [1.82, 2.24) is 40.4 Å². The van der Waals surface area contributed by atoms with Gasteiger partial charge in [-0.1, -0.05) is 58.0 Å². The third kappa shape index (κ3) is 4.12. The molecule has 0 bridgehead atoms. The van der Waals surface area contributed by atoms with Gasteiger partial charge in [-0.15, -0.1) is 5.10 Å². The molecule has 0 spiro atoms. The monoisotopic (exact) mass is 402 g/mol. The van der Waals surface area contributed by atoms with Gasteiger partial charge in [-0.2, -0.15) is 5.10 Å².